The zero-order chi connectivity index (χ0) is 26.0. The molecule has 8 nitrogen and oxygen atoms in total. The lowest BCUT2D eigenvalue weighted by atomic mass is 10.1. The van der Waals surface area contributed by atoms with E-state index in [1.54, 1.807) is 24.4 Å². The number of amides is 2. The molecule has 1 saturated heterocycles. The Morgan fingerprint density at radius 3 is 2.86 bits per heavy atom. The van der Waals surface area contributed by atoms with Crippen molar-refractivity contribution in [2.75, 3.05) is 25.0 Å². The fourth-order valence-electron chi connectivity index (χ4n) is 4.88. The summed E-state index contributed by atoms with van der Waals surface area (Å²) in [7, 11) is 0. The van der Waals surface area contributed by atoms with E-state index in [4.69, 9.17) is 16.6 Å². The van der Waals surface area contributed by atoms with Crippen LogP contribution in [0.4, 0.5) is 5.95 Å². The molecule has 2 aromatic heterocycles. The van der Waals surface area contributed by atoms with Crippen LogP contribution in [-0.4, -0.2) is 56.4 Å². The minimum atomic E-state index is -0.264. The number of imidazole rings is 1. The number of pyridine rings is 1. The van der Waals surface area contributed by atoms with Crippen LogP contribution in [0.3, 0.4) is 0 Å². The second kappa shape index (κ2) is 10.6. The third-order valence-corrected chi connectivity index (χ3v) is 7.58. The number of carbonyl (C=O) groups is 2. The molecule has 2 fully saturated rings. The van der Waals surface area contributed by atoms with Crippen molar-refractivity contribution < 1.29 is 9.59 Å². The van der Waals surface area contributed by atoms with Crippen molar-refractivity contribution in [3.8, 4) is 0 Å². The molecule has 1 aliphatic heterocycles. The molecule has 1 saturated carbocycles. The molecule has 0 unspecified atom stereocenters. The Morgan fingerprint density at radius 1 is 1.24 bits per heavy atom. The van der Waals surface area contributed by atoms with Crippen molar-refractivity contribution in [1.29, 1.82) is 0 Å². The first kappa shape index (κ1) is 25.4. The lowest BCUT2D eigenvalue weighted by Crippen LogP contribution is -2.35. The standard InChI is InChI=1S/C28H33ClN6O2/c1-19-17-20(11-15-30-19)26(37)33-27-32-23-9-5-8-22(29)25(23)35(27)21-7-3-4-16-34(18-21)24(36)10-6-14-31-28(2)12-13-28/h5-6,8-11,15,17,21,31H,3-4,7,12-14,16,18H2,1-2H3,(H,32,33,37)/b10-6+/t21-/m1/s1. The first-order valence-corrected chi connectivity index (χ1v) is 13.3. The van der Waals surface area contributed by atoms with E-state index in [1.807, 2.05) is 40.7 Å². The molecule has 2 N–H and O–H groups in total. The van der Waals surface area contributed by atoms with Crippen LogP contribution in [0.25, 0.3) is 11.0 Å². The molecule has 1 atom stereocenters. The van der Waals surface area contributed by atoms with Gasteiger partial charge in [0, 0.05) is 48.7 Å². The maximum absolute atomic E-state index is 13.1. The van der Waals surface area contributed by atoms with Crippen molar-refractivity contribution >= 4 is 40.4 Å². The van der Waals surface area contributed by atoms with Crippen LogP contribution in [0.15, 0.2) is 48.7 Å². The predicted octanol–water partition coefficient (Wildman–Crippen LogP) is 4.90. The number of para-hydroxylation sites is 1. The summed E-state index contributed by atoms with van der Waals surface area (Å²) in [5.41, 5.74) is 2.97. The number of benzene rings is 1. The number of aromatic nitrogens is 3. The van der Waals surface area contributed by atoms with Crippen molar-refractivity contribution in [3.05, 3.63) is 65.0 Å². The Kier molecular flexibility index (Phi) is 7.31. The highest BCUT2D eigenvalue weighted by Gasteiger charge is 2.36. The maximum atomic E-state index is 13.1. The van der Waals surface area contributed by atoms with Crippen molar-refractivity contribution in [3.63, 3.8) is 0 Å². The Balaban J connectivity index is 1.40. The Morgan fingerprint density at radius 2 is 2.08 bits per heavy atom. The summed E-state index contributed by atoms with van der Waals surface area (Å²) in [5, 5.41) is 7.03. The molecule has 194 valence electrons. The number of halogens is 1. The molecule has 1 aliphatic carbocycles. The number of carbonyl (C=O) groups excluding carboxylic acids is 2. The van der Waals surface area contributed by atoms with Crippen molar-refractivity contribution in [1.82, 2.24) is 24.8 Å². The van der Waals surface area contributed by atoms with Crippen LogP contribution in [-0.2, 0) is 4.79 Å². The number of nitrogens with one attached hydrogen (secondary N) is 2. The van der Waals surface area contributed by atoms with E-state index in [0.717, 1.165) is 30.5 Å². The number of nitrogens with zero attached hydrogens (tertiary/aromatic N) is 4. The van der Waals surface area contributed by atoms with Gasteiger partial charge in [-0.25, -0.2) is 4.98 Å². The van der Waals surface area contributed by atoms with Gasteiger partial charge in [0.25, 0.3) is 5.91 Å². The number of anilines is 1. The van der Waals surface area contributed by atoms with Gasteiger partial charge in [0.2, 0.25) is 11.9 Å². The summed E-state index contributed by atoms with van der Waals surface area (Å²) in [6, 6.07) is 8.91. The number of rotatable bonds is 7. The van der Waals surface area contributed by atoms with E-state index in [1.165, 1.54) is 12.8 Å². The summed E-state index contributed by atoms with van der Waals surface area (Å²) in [6.07, 6.45) is 10.3. The molecule has 2 aliphatic rings. The summed E-state index contributed by atoms with van der Waals surface area (Å²) in [6.45, 7) is 5.95. The van der Waals surface area contributed by atoms with Crippen LogP contribution in [0.2, 0.25) is 5.02 Å². The lowest BCUT2D eigenvalue weighted by molar-refractivity contribution is -0.126. The number of aryl methyl sites for hydroxylation is 1. The average molecular weight is 521 g/mol. The molecule has 37 heavy (non-hydrogen) atoms. The van der Waals surface area contributed by atoms with E-state index in [0.29, 0.717) is 41.7 Å². The number of likely N-dealkylation sites (tertiary alicyclic amines) is 1. The first-order valence-electron chi connectivity index (χ1n) is 12.9. The third-order valence-electron chi connectivity index (χ3n) is 7.28. The molecule has 1 aromatic carbocycles. The predicted molar refractivity (Wildman–Crippen MR) is 146 cm³/mol. The van der Waals surface area contributed by atoms with Crippen LogP contribution in [0.1, 0.15) is 61.1 Å². The molecule has 0 spiro atoms. The topological polar surface area (TPSA) is 92.2 Å². The van der Waals surface area contributed by atoms with Crippen LogP contribution >= 0.6 is 11.6 Å². The summed E-state index contributed by atoms with van der Waals surface area (Å²) in [4.78, 5) is 37.0. The maximum Gasteiger partial charge on any atom is 0.258 e. The molecule has 9 heteroatoms. The molecule has 0 radical (unpaired) electrons. The minimum Gasteiger partial charge on any atom is -0.337 e. The Hall–Kier alpha value is -3.23. The molecule has 0 bridgehead atoms. The summed E-state index contributed by atoms with van der Waals surface area (Å²) >= 11 is 6.65. The second-order valence-corrected chi connectivity index (χ2v) is 10.7. The van der Waals surface area contributed by atoms with Gasteiger partial charge in [-0.05, 0) is 70.2 Å². The first-order chi connectivity index (χ1) is 17.8. The largest absolute Gasteiger partial charge is 0.337 e. The van der Waals surface area contributed by atoms with Gasteiger partial charge in [-0.2, -0.15) is 0 Å². The normalized spacial score (nSPS) is 19.2. The minimum absolute atomic E-state index is 0.00279. The van der Waals surface area contributed by atoms with Gasteiger partial charge in [0.1, 0.15) is 0 Å². The second-order valence-electron chi connectivity index (χ2n) is 10.3. The van der Waals surface area contributed by atoms with Gasteiger partial charge in [-0.1, -0.05) is 23.7 Å². The quantitative estimate of drug-likeness (QED) is 0.432. The monoisotopic (exact) mass is 520 g/mol. The summed E-state index contributed by atoms with van der Waals surface area (Å²) < 4.78 is 2.01. The Labute approximate surface area is 222 Å². The van der Waals surface area contributed by atoms with E-state index in [-0.39, 0.29) is 23.4 Å². The molecule has 3 aromatic rings. The van der Waals surface area contributed by atoms with Gasteiger partial charge in [-0.3, -0.25) is 19.9 Å². The van der Waals surface area contributed by atoms with E-state index < -0.39 is 0 Å². The highest BCUT2D eigenvalue weighted by Crippen LogP contribution is 2.35. The highest BCUT2D eigenvalue weighted by atomic mass is 35.5. The highest BCUT2D eigenvalue weighted by molar-refractivity contribution is 6.35. The summed E-state index contributed by atoms with van der Waals surface area (Å²) in [5.74, 6) is 0.168. The third kappa shape index (κ3) is 5.86. The van der Waals surface area contributed by atoms with Gasteiger partial charge >= 0.3 is 0 Å². The zero-order valence-electron chi connectivity index (χ0n) is 21.3. The van der Waals surface area contributed by atoms with Gasteiger partial charge in [0.15, 0.2) is 0 Å². The molecule has 5 rings (SSSR count). The molecular formula is C28H33ClN6O2. The van der Waals surface area contributed by atoms with Crippen molar-refractivity contribution in [2.45, 2.75) is 57.5 Å². The van der Waals surface area contributed by atoms with Crippen molar-refractivity contribution in [2.24, 2.45) is 0 Å². The number of fused-ring (bicyclic) bond motifs is 1. The van der Waals surface area contributed by atoms with Crippen LogP contribution in [0, 0.1) is 6.92 Å². The fourth-order valence-corrected chi connectivity index (χ4v) is 5.14. The van der Waals surface area contributed by atoms with Gasteiger partial charge < -0.3 is 14.8 Å². The molecular weight excluding hydrogens is 488 g/mol. The van der Waals surface area contributed by atoms with Crippen LogP contribution < -0.4 is 10.6 Å². The van der Waals surface area contributed by atoms with Gasteiger partial charge in [0.05, 0.1) is 22.1 Å². The van der Waals surface area contributed by atoms with Crippen LogP contribution in [0.5, 0.6) is 0 Å². The molecule has 3 heterocycles. The zero-order valence-corrected chi connectivity index (χ0v) is 22.1. The van der Waals surface area contributed by atoms with E-state index >= 15 is 0 Å². The van der Waals surface area contributed by atoms with E-state index in [2.05, 4.69) is 22.5 Å². The number of hydrogen-bond acceptors (Lipinski definition) is 5. The average Bonchev–Trinajstić information content (AvgIpc) is 3.57. The number of hydrogen-bond donors (Lipinski definition) is 2. The smallest absolute Gasteiger partial charge is 0.258 e. The van der Waals surface area contributed by atoms with E-state index in [9.17, 15) is 9.59 Å². The Bertz CT molecular complexity index is 1350. The molecule has 2 amide bonds. The SMILES string of the molecule is Cc1cc(C(=O)Nc2nc3cccc(Cl)c3n2[C@@H]2CCCCN(C(=O)/C=C/CNC3(C)CC3)C2)ccn1. The lowest BCUT2D eigenvalue weighted by Gasteiger charge is -2.26. The fraction of sp³-hybridized carbons (Fsp3) is 0.429. The van der Waals surface area contributed by atoms with Gasteiger partial charge in [-0.15, -0.1) is 0 Å².